The molecular formula is C44H36BNOSSi. The molecule has 2 aliphatic heterocycles. The molecule has 0 amide bonds. The number of aromatic nitrogens is 1. The molecule has 1 unspecified atom stereocenters. The van der Waals surface area contributed by atoms with Crippen LogP contribution in [0.15, 0.2) is 149 Å². The number of fused-ring (bicyclic) bond motifs is 7. The monoisotopic (exact) mass is 665 g/mol. The van der Waals surface area contributed by atoms with Crippen LogP contribution in [0.1, 0.15) is 30.5 Å². The van der Waals surface area contributed by atoms with Crippen molar-refractivity contribution in [3.8, 4) is 17.2 Å². The van der Waals surface area contributed by atoms with E-state index in [-0.39, 0.29) is 6.71 Å². The molecule has 0 fully saturated rings. The number of hydrogen-bond donors (Lipinski definition) is 0. The van der Waals surface area contributed by atoms with Crippen LogP contribution in [0, 0.1) is 0 Å². The second-order valence-corrected chi connectivity index (χ2v) is 19.0. The average Bonchev–Trinajstić information content (AvgIpc) is 3.27. The number of para-hydroxylation sites is 1. The van der Waals surface area contributed by atoms with Gasteiger partial charge in [0.05, 0.1) is 5.52 Å². The lowest BCUT2D eigenvalue weighted by Gasteiger charge is -2.43. The molecule has 6 aromatic carbocycles. The van der Waals surface area contributed by atoms with Gasteiger partial charge in [-0.2, -0.15) is 0 Å². The van der Waals surface area contributed by atoms with E-state index in [4.69, 9.17) is 4.74 Å². The number of benzene rings is 6. The van der Waals surface area contributed by atoms with Crippen LogP contribution < -0.4 is 36.7 Å². The van der Waals surface area contributed by atoms with Crippen molar-refractivity contribution >= 4 is 69.4 Å². The van der Waals surface area contributed by atoms with E-state index in [9.17, 15) is 0 Å². The largest absolute Gasteiger partial charge is 0.458 e. The SMILES string of the molecule is C[Si]1(c2ccccc2)c2cc(Sc3ccccc3)ccc2B2c3c(cccc3-n3c4c(c5ccccc53)CCCCC4)Oc3cccc1c32. The fourth-order valence-electron chi connectivity index (χ4n) is 9.13. The molecule has 5 heteroatoms. The van der Waals surface area contributed by atoms with E-state index in [1.165, 1.54) is 83.3 Å². The van der Waals surface area contributed by atoms with Crippen molar-refractivity contribution < 1.29 is 4.74 Å². The predicted molar refractivity (Wildman–Crippen MR) is 210 cm³/mol. The van der Waals surface area contributed by atoms with Gasteiger partial charge in [-0.05, 0) is 95.9 Å². The highest BCUT2D eigenvalue weighted by Gasteiger charge is 2.50. The minimum atomic E-state index is -2.44. The van der Waals surface area contributed by atoms with Gasteiger partial charge in [-0.15, -0.1) is 0 Å². The fourth-order valence-corrected chi connectivity index (χ4v) is 14.4. The highest BCUT2D eigenvalue weighted by molar-refractivity contribution is 7.99. The van der Waals surface area contributed by atoms with E-state index in [1.807, 2.05) is 11.8 Å². The molecule has 2 nitrogen and oxygen atoms in total. The second kappa shape index (κ2) is 11.4. The molecule has 0 radical (unpaired) electrons. The highest BCUT2D eigenvalue weighted by Crippen LogP contribution is 2.36. The summed E-state index contributed by atoms with van der Waals surface area (Å²) in [5.41, 5.74) is 9.69. The van der Waals surface area contributed by atoms with Gasteiger partial charge in [-0.1, -0.05) is 132 Å². The lowest BCUT2D eigenvalue weighted by atomic mass is 9.35. The van der Waals surface area contributed by atoms with Crippen LogP contribution in [0.5, 0.6) is 11.5 Å². The maximum atomic E-state index is 7.00. The summed E-state index contributed by atoms with van der Waals surface area (Å²) in [5.74, 6) is 1.98. The molecule has 10 rings (SSSR count). The number of rotatable bonds is 4. The Morgan fingerprint density at radius 2 is 1.37 bits per heavy atom. The number of ether oxygens (including phenoxy) is 1. The summed E-state index contributed by atoms with van der Waals surface area (Å²) in [5, 5.41) is 5.82. The summed E-state index contributed by atoms with van der Waals surface area (Å²) in [6.45, 7) is 2.63. The van der Waals surface area contributed by atoms with Gasteiger partial charge in [0.2, 0.25) is 0 Å². The third kappa shape index (κ3) is 4.42. The Kier molecular flexibility index (Phi) is 6.82. The van der Waals surface area contributed by atoms with Gasteiger partial charge in [0.15, 0.2) is 0 Å². The molecule has 3 heterocycles. The van der Waals surface area contributed by atoms with Gasteiger partial charge in [-0.3, -0.25) is 0 Å². The molecule has 0 N–H and O–H groups in total. The minimum Gasteiger partial charge on any atom is -0.458 e. The first-order chi connectivity index (χ1) is 24.2. The molecule has 7 aromatic rings. The Morgan fingerprint density at radius 3 is 2.22 bits per heavy atom. The van der Waals surface area contributed by atoms with E-state index in [1.54, 1.807) is 5.56 Å². The zero-order valence-corrected chi connectivity index (χ0v) is 29.5. The molecule has 1 aromatic heterocycles. The van der Waals surface area contributed by atoms with Gasteiger partial charge >= 0.3 is 0 Å². The van der Waals surface area contributed by atoms with Crippen molar-refractivity contribution in [1.82, 2.24) is 4.57 Å². The topological polar surface area (TPSA) is 14.2 Å². The summed E-state index contributed by atoms with van der Waals surface area (Å²) in [6.07, 6.45) is 6.04. The number of hydrogen-bond acceptors (Lipinski definition) is 2. The zero-order chi connectivity index (χ0) is 32.5. The van der Waals surface area contributed by atoms with Crippen LogP contribution in [-0.2, 0) is 12.8 Å². The molecule has 1 atom stereocenters. The molecule has 0 spiro atoms. The second-order valence-electron chi connectivity index (χ2n) is 13.9. The zero-order valence-electron chi connectivity index (χ0n) is 27.7. The van der Waals surface area contributed by atoms with E-state index in [0.717, 1.165) is 24.3 Å². The van der Waals surface area contributed by atoms with Crippen LogP contribution in [-0.4, -0.2) is 19.4 Å². The van der Waals surface area contributed by atoms with Gasteiger partial charge in [-0.25, -0.2) is 0 Å². The molecule has 49 heavy (non-hydrogen) atoms. The van der Waals surface area contributed by atoms with Gasteiger partial charge < -0.3 is 9.30 Å². The van der Waals surface area contributed by atoms with Gasteiger partial charge in [0, 0.05) is 26.6 Å². The van der Waals surface area contributed by atoms with E-state index >= 15 is 0 Å². The Bertz CT molecular complexity index is 2400. The summed E-state index contributed by atoms with van der Waals surface area (Å²) in [7, 11) is -2.44. The molecule has 0 bridgehead atoms. The molecule has 1 aliphatic carbocycles. The molecule has 0 saturated carbocycles. The smallest absolute Gasteiger partial charge is 0.253 e. The van der Waals surface area contributed by atoms with E-state index in [0.29, 0.717) is 0 Å². The Morgan fingerprint density at radius 1 is 0.633 bits per heavy atom. The number of nitrogens with zero attached hydrogens (tertiary/aromatic N) is 1. The summed E-state index contributed by atoms with van der Waals surface area (Å²) < 4.78 is 9.61. The maximum Gasteiger partial charge on any atom is 0.253 e. The van der Waals surface area contributed by atoms with Crippen LogP contribution >= 0.6 is 11.8 Å². The standard InChI is InChI=1S/C44H36BNOSSi/c1-49(32-17-7-3-8-18-32)41-26-14-25-40-44(41)45(35-28-27-31(29-42(35)49)48-30-15-5-2-6-16-30)43-38(23-13-24-39(43)47-40)46-36-21-10-4-9-19-33(36)34-20-11-12-22-37(34)46/h2-3,5-8,11-18,20,22-29H,4,9-10,19,21H2,1H3. The first kappa shape index (κ1) is 29.2. The molecule has 236 valence electrons. The first-order valence-electron chi connectivity index (χ1n) is 17.7. The Labute approximate surface area is 293 Å². The summed E-state index contributed by atoms with van der Waals surface area (Å²) >= 11 is 1.86. The molecule has 0 saturated heterocycles. The van der Waals surface area contributed by atoms with Crippen molar-refractivity contribution in [1.29, 1.82) is 0 Å². The lowest BCUT2D eigenvalue weighted by Crippen LogP contribution is -2.82. The van der Waals surface area contributed by atoms with E-state index in [2.05, 4.69) is 151 Å². The Balaban J connectivity index is 1.26. The highest BCUT2D eigenvalue weighted by atomic mass is 32.2. The van der Waals surface area contributed by atoms with Crippen LogP contribution in [0.4, 0.5) is 0 Å². The van der Waals surface area contributed by atoms with Gasteiger partial charge in [0.1, 0.15) is 19.6 Å². The van der Waals surface area contributed by atoms with Gasteiger partial charge in [0.25, 0.3) is 6.71 Å². The minimum absolute atomic E-state index is 0.0730. The van der Waals surface area contributed by atoms with E-state index < -0.39 is 8.07 Å². The van der Waals surface area contributed by atoms with Crippen LogP contribution in [0.3, 0.4) is 0 Å². The van der Waals surface area contributed by atoms with Crippen molar-refractivity contribution in [2.45, 2.75) is 48.4 Å². The molecular weight excluding hydrogens is 629 g/mol. The Hall–Kier alpha value is -4.71. The van der Waals surface area contributed by atoms with Crippen molar-refractivity contribution in [2.24, 2.45) is 0 Å². The van der Waals surface area contributed by atoms with Crippen LogP contribution in [0.25, 0.3) is 16.6 Å². The molecule has 3 aliphatic rings. The lowest BCUT2D eigenvalue weighted by molar-refractivity contribution is 0.487. The normalized spacial score (nSPS) is 17.4. The summed E-state index contributed by atoms with van der Waals surface area (Å²) in [4.78, 5) is 2.56. The summed E-state index contributed by atoms with van der Waals surface area (Å²) in [6, 6.07) is 52.1. The fraction of sp³-hybridized carbons (Fsp3) is 0.136. The first-order valence-corrected chi connectivity index (χ1v) is 21.0. The maximum absolute atomic E-state index is 7.00. The van der Waals surface area contributed by atoms with Crippen molar-refractivity contribution in [3.05, 3.63) is 151 Å². The third-order valence-corrected chi connectivity index (χ3v) is 16.8. The van der Waals surface area contributed by atoms with Crippen molar-refractivity contribution in [2.75, 3.05) is 0 Å². The third-order valence-electron chi connectivity index (χ3n) is 11.3. The quantitative estimate of drug-likeness (QED) is 0.147. The predicted octanol–water partition coefficient (Wildman–Crippen LogP) is 7.09. The van der Waals surface area contributed by atoms with Crippen LogP contribution in [0.2, 0.25) is 6.55 Å². The average molecular weight is 666 g/mol. The van der Waals surface area contributed by atoms with Crippen molar-refractivity contribution in [3.63, 3.8) is 0 Å². The number of aryl methyl sites for hydroxylation is 1.